The van der Waals surface area contributed by atoms with E-state index in [4.69, 9.17) is 4.74 Å². The second-order valence-corrected chi connectivity index (χ2v) is 8.56. The quantitative estimate of drug-likeness (QED) is 0.851. The fourth-order valence-corrected chi connectivity index (χ4v) is 5.54. The summed E-state index contributed by atoms with van der Waals surface area (Å²) in [7, 11) is 0. The number of carbonyl (C=O) groups excluding carboxylic acids is 2. The lowest BCUT2D eigenvalue weighted by atomic mass is 9.84. The minimum absolute atomic E-state index is 0.0109. The maximum absolute atomic E-state index is 12.5. The predicted octanol–water partition coefficient (Wildman–Crippen LogP) is 1.90. The van der Waals surface area contributed by atoms with Crippen LogP contribution >= 0.6 is 0 Å². The van der Waals surface area contributed by atoms with Crippen LogP contribution in [0.2, 0.25) is 0 Å². The number of hydrogen-bond acceptors (Lipinski definition) is 4. The number of rotatable bonds is 3. The summed E-state index contributed by atoms with van der Waals surface area (Å²) in [5.41, 5.74) is 0.182. The van der Waals surface area contributed by atoms with E-state index in [0.29, 0.717) is 36.6 Å². The average molecular weight is 370 g/mol. The van der Waals surface area contributed by atoms with Crippen LogP contribution in [0.5, 0.6) is 0 Å². The maximum atomic E-state index is 12.5. The van der Waals surface area contributed by atoms with Crippen molar-refractivity contribution in [2.24, 2.45) is 11.8 Å². The van der Waals surface area contributed by atoms with Crippen molar-refractivity contribution >= 4 is 11.9 Å². The van der Waals surface area contributed by atoms with E-state index in [9.17, 15) is 9.59 Å². The Labute approximate surface area is 158 Å². The first-order chi connectivity index (χ1) is 13.1. The molecule has 4 atom stereocenters. The summed E-state index contributed by atoms with van der Waals surface area (Å²) in [5.74, 6) is 1.35. The molecule has 0 radical (unpaired) electrons. The Kier molecular flexibility index (Phi) is 4.07. The predicted molar refractivity (Wildman–Crippen MR) is 97.9 cm³/mol. The fraction of sp³-hybridized carbons (Fsp3) is 0.650. The Morgan fingerprint density at radius 2 is 2.07 bits per heavy atom. The lowest BCUT2D eigenvalue weighted by Gasteiger charge is -2.39. The molecule has 5 aliphatic rings. The van der Waals surface area contributed by atoms with Crippen molar-refractivity contribution in [3.8, 4) is 0 Å². The number of carbonyl (C=O) groups is 2. The molecule has 4 bridgehead atoms. The van der Waals surface area contributed by atoms with Crippen LogP contribution in [0.3, 0.4) is 0 Å². The number of likely N-dealkylation sites (tertiary alicyclic amines) is 1. The largest absolute Gasteiger partial charge is 0.352 e. The average Bonchev–Trinajstić information content (AvgIpc) is 3.08. The molecule has 3 amide bonds. The van der Waals surface area contributed by atoms with Gasteiger partial charge < -0.3 is 20.3 Å². The second kappa shape index (κ2) is 6.48. The second-order valence-electron chi connectivity index (χ2n) is 8.56. The zero-order valence-corrected chi connectivity index (χ0v) is 15.4. The standard InChI is InChI=1S/C20H26N4O3/c25-18(14-2-1-5-21-12-14)24-6-3-16(4-7-24)22-19(26)23-20-10-13-8-15(11-20)17(9-13)27-20/h1-2,5,12-13,15-17H,3-4,6-11H2,(H2,22,23,26). The van der Waals surface area contributed by atoms with Gasteiger partial charge in [0, 0.05) is 37.9 Å². The van der Waals surface area contributed by atoms with Crippen LogP contribution < -0.4 is 10.6 Å². The molecule has 0 aromatic carbocycles. The van der Waals surface area contributed by atoms with Gasteiger partial charge in [0.2, 0.25) is 0 Å². The van der Waals surface area contributed by atoms with Crippen LogP contribution in [0.4, 0.5) is 4.79 Å². The molecule has 0 spiro atoms. The molecule has 1 aromatic heterocycles. The van der Waals surface area contributed by atoms with Crippen LogP contribution in [0.25, 0.3) is 0 Å². The van der Waals surface area contributed by atoms with E-state index in [2.05, 4.69) is 15.6 Å². The van der Waals surface area contributed by atoms with Gasteiger partial charge in [-0.05, 0) is 56.1 Å². The van der Waals surface area contributed by atoms with E-state index in [0.717, 1.165) is 25.7 Å². The summed E-state index contributed by atoms with van der Waals surface area (Å²) < 4.78 is 6.17. The normalized spacial score (nSPS) is 34.7. The SMILES string of the molecule is O=C(NC1CCN(C(=O)c2cccnc2)CC1)NC12CC3CC(C1)C(C3)O2. The molecule has 6 rings (SSSR count). The number of ether oxygens (including phenoxy) is 1. The number of pyridine rings is 1. The molecule has 2 N–H and O–H groups in total. The van der Waals surface area contributed by atoms with E-state index in [1.807, 2.05) is 4.90 Å². The molecule has 144 valence electrons. The fourth-order valence-electron chi connectivity index (χ4n) is 5.54. The van der Waals surface area contributed by atoms with Crippen molar-refractivity contribution in [2.45, 2.75) is 56.4 Å². The molecule has 7 heteroatoms. The zero-order valence-electron chi connectivity index (χ0n) is 15.4. The Hall–Kier alpha value is -2.15. The van der Waals surface area contributed by atoms with Crippen molar-refractivity contribution in [3.05, 3.63) is 30.1 Å². The molecule has 3 saturated heterocycles. The lowest BCUT2D eigenvalue weighted by molar-refractivity contribution is -0.0986. The van der Waals surface area contributed by atoms with Gasteiger partial charge in [-0.1, -0.05) is 0 Å². The highest BCUT2D eigenvalue weighted by Gasteiger charge is 2.58. The molecule has 2 saturated carbocycles. The van der Waals surface area contributed by atoms with Crippen molar-refractivity contribution in [1.82, 2.24) is 20.5 Å². The Balaban J connectivity index is 1.11. The molecule has 7 nitrogen and oxygen atoms in total. The maximum Gasteiger partial charge on any atom is 0.317 e. The van der Waals surface area contributed by atoms with Gasteiger partial charge in [-0.15, -0.1) is 0 Å². The third-order valence-corrected chi connectivity index (χ3v) is 6.68. The van der Waals surface area contributed by atoms with Gasteiger partial charge in [-0.25, -0.2) is 4.79 Å². The van der Waals surface area contributed by atoms with Crippen molar-refractivity contribution in [1.29, 1.82) is 0 Å². The molecule has 4 unspecified atom stereocenters. The topological polar surface area (TPSA) is 83.6 Å². The summed E-state index contributed by atoms with van der Waals surface area (Å²) in [6.45, 7) is 1.29. The first-order valence-corrected chi connectivity index (χ1v) is 10.1. The minimum Gasteiger partial charge on any atom is -0.352 e. The van der Waals surface area contributed by atoms with Crippen LogP contribution in [0, 0.1) is 11.8 Å². The molecule has 4 heterocycles. The number of piperidine rings is 1. The molecule has 1 aromatic rings. The van der Waals surface area contributed by atoms with Gasteiger partial charge in [0.05, 0.1) is 11.7 Å². The van der Waals surface area contributed by atoms with Crippen LogP contribution in [0.1, 0.15) is 48.9 Å². The van der Waals surface area contributed by atoms with E-state index >= 15 is 0 Å². The van der Waals surface area contributed by atoms with E-state index in [1.165, 1.54) is 12.8 Å². The molecular formula is C20H26N4O3. The zero-order chi connectivity index (χ0) is 18.4. The molecule has 5 fully saturated rings. The van der Waals surface area contributed by atoms with Crippen LogP contribution in [-0.2, 0) is 4.74 Å². The molecule has 27 heavy (non-hydrogen) atoms. The third kappa shape index (κ3) is 3.18. The highest BCUT2D eigenvalue weighted by Crippen LogP contribution is 2.55. The van der Waals surface area contributed by atoms with Crippen molar-refractivity contribution in [2.75, 3.05) is 13.1 Å². The monoisotopic (exact) mass is 370 g/mol. The number of hydrogen-bond donors (Lipinski definition) is 2. The first kappa shape index (κ1) is 17.0. The summed E-state index contributed by atoms with van der Waals surface area (Å²) in [6, 6.07) is 3.52. The number of amides is 3. The van der Waals surface area contributed by atoms with Gasteiger partial charge in [0.1, 0.15) is 5.72 Å². The lowest BCUT2D eigenvalue weighted by Crippen LogP contribution is -2.57. The Bertz CT molecular complexity index is 712. The summed E-state index contributed by atoms with van der Waals surface area (Å²) in [5, 5.41) is 6.22. The van der Waals surface area contributed by atoms with Gasteiger partial charge in [-0.2, -0.15) is 0 Å². The Morgan fingerprint density at radius 3 is 2.78 bits per heavy atom. The van der Waals surface area contributed by atoms with Gasteiger partial charge in [-0.3, -0.25) is 9.78 Å². The molecule has 2 aliphatic carbocycles. The van der Waals surface area contributed by atoms with E-state index < -0.39 is 5.72 Å². The highest BCUT2D eigenvalue weighted by molar-refractivity contribution is 5.93. The highest BCUT2D eigenvalue weighted by atomic mass is 16.5. The summed E-state index contributed by atoms with van der Waals surface area (Å²) in [4.78, 5) is 30.9. The minimum atomic E-state index is -0.433. The number of aromatic nitrogens is 1. The molecule has 3 aliphatic heterocycles. The van der Waals surface area contributed by atoms with Crippen molar-refractivity contribution < 1.29 is 14.3 Å². The number of nitrogens with one attached hydrogen (secondary N) is 2. The molecular weight excluding hydrogens is 344 g/mol. The number of urea groups is 1. The third-order valence-electron chi connectivity index (χ3n) is 6.68. The van der Waals surface area contributed by atoms with E-state index in [-0.39, 0.29) is 18.0 Å². The van der Waals surface area contributed by atoms with Gasteiger partial charge in [0.25, 0.3) is 5.91 Å². The van der Waals surface area contributed by atoms with Gasteiger partial charge in [0.15, 0.2) is 0 Å². The summed E-state index contributed by atoms with van der Waals surface area (Å²) >= 11 is 0. The van der Waals surface area contributed by atoms with E-state index in [1.54, 1.807) is 24.5 Å². The first-order valence-electron chi connectivity index (χ1n) is 10.1. The van der Waals surface area contributed by atoms with Crippen LogP contribution in [0.15, 0.2) is 24.5 Å². The van der Waals surface area contributed by atoms with Crippen molar-refractivity contribution in [3.63, 3.8) is 0 Å². The summed E-state index contributed by atoms with van der Waals surface area (Å²) in [6.07, 6.45) is 9.48. The Morgan fingerprint density at radius 1 is 1.22 bits per heavy atom. The van der Waals surface area contributed by atoms with Gasteiger partial charge >= 0.3 is 6.03 Å². The smallest absolute Gasteiger partial charge is 0.317 e. The van der Waals surface area contributed by atoms with Crippen LogP contribution in [-0.4, -0.2) is 52.8 Å². The number of nitrogens with zero attached hydrogens (tertiary/aromatic N) is 2.